The van der Waals surface area contributed by atoms with E-state index in [1.54, 1.807) is 0 Å². The van der Waals surface area contributed by atoms with Gasteiger partial charge in [0.25, 0.3) is 0 Å². The number of hydrogen-bond donors (Lipinski definition) is 0. The molecule has 0 aromatic rings. The summed E-state index contributed by atoms with van der Waals surface area (Å²) >= 11 is 0. The lowest BCUT2D eigenvalue weighted by molar-refractivity contribution is -0.148. The second kappa shape index (κ2) is 5.19. The van der Waals surface area contributed by atoms with Gasteiger partial charge in [-0.3, -0.25) is 9.36 Å². The molecule has 2 saturated carbocycles. The zero-order chi connectivity index (χ0) is 15.5. The molecule has 2 heterocycles. The van der Waals surface area contributed by atoms with Gasteiger partial charge in [-0.05, 0) is 45.2 Å². The third-order valence-corrected chi connectivity index (χ3v) is 9.22. The molecule has 2 saturated heterocycles. The molecule has 5 nitrogen and oxygen atoms in total. The first-order chi connectivity index (χ1) is 10.5. The molecule has 4 aliphatic rings. The van der Waals surface area contributed by atoms with Gasteiger partial charge >= 0.3 is 5.97 Å². The summed E-state index contributed by atoms with van der Waals surface area (Å²) in [6.07, 6.45) is 7.76. The van der Waals surface area contributed by atoms with Crippen LogP contribution in [0, 0.1) is 17.8 Å². The minimum Gasteiger partial charge on any atom is -0.465 e. The summed E-state index contributed by atoms with van der Waals surface area (Å²) < 4.78 is 22.8. The van der Waals surface area contributed by atoms with Crippen LogP contribution in [0.3, 0.4) is 0 Å². The second-order valence-corrected chi connectivity index (χ2v) is 9.96. The molecule has 4 fully saturated rings. The number of fused-ring (bicyclic) bond motifs is 2. The molecule has 6 heteroatoms. The SMILES string of the molecule is CN1[C@@H]2CCCC[C@H]2N(C)P1(=O)/C=C/[C@@H]1[C@@H]2CCOC(=O)[C@H]12. The Balaban J connectivity index is 1.53. The lowest BCUT2D eigenvalue weighted by Crippen LogP contribution is -2.37. The third kappa shape index (κ3) is 2.05. The van der Waals surface area contributed by atoms with Gasteiger partial charge in [-0.25, -0.2) is 9.34 Å². The topological polar surface area (TPSA) is 49.9 Å². The van der Waals surface area contributed by atoms with Crippen molar-refractivity contribution in [3.63, 3.8) is 0 Å². The first-order valence-electron chi connectivity index (χ1n) is 8.46. The molecule has 0 amide bonds. The number of ether oxygens (including phenoxy) is 1. The van der Waals surface area contributed by atoms with Crippen LogP contribution in [-0.2, 0) is 14.1 Å². The normalized spacial score (nSPS) is 44.6. The maximum absolute atomic E-state index is 13.5. The molecular formula is C16H25N2O3P. The van der Waals surface area contributed by atoms with E-state index >= 15 is 0 Å². The number of rotatable bonds is 2. The third-order valence-electron chi connectivity index (χ3n) is 6.26. The standard InChI is InChI=1S/C16H25N2O3P/c1-17-13-5-3-4-6-14(13)18(2)22(17,20)10-8-12-11-7-9-21-16(19)15(11)12/h8,10-15H,3-7,9H2,1-2H3/b10-8+/t11-,12+,13+,14+,15-/m0/s1. The monoisotopic (exact) mass is 324 g/mol. The fourth-order valence-electron chi connectivity index (χ4n) is 4.79. The van der Waals surface area contributed by atoms with E-state index in [0.29, 0.717) is 24.6 Å². The Hall–Kier alpha value is -0.640. The Labute approximate surface area is 132 Å². The van der Waals surface area contributed by atoms with Crippen molar-refractivity contribution in [3.8, 4) is 0 Å². The highest BCUT2D eigenvalue weighted by Gasteiger charge is 2.57. The first-order valence-corrected chi connectivity index (χ1v) is 10.1. The Morgan fingerprint density at radius 3 is 2.36 bits per heavy atom. The summed E-state index contributed by atoms with van der Waals surface area (Å²) in [5.74, 6) is 2.54. The second-order valence-electron chi connectivity index (χ2n) is 7.22. The highest BCUT2D eigenvalue weighted by Crippen LogP contribution is 2.64. The summed E-state index contributed by atoms with van der Waals surface area (Å²) in [6, 6.07) is 0.835. The molecule has 2 aliphatic carbocycles. The molecule has 0 radical (unpaired) electrons. The van der Waals surface area contributed by atoms with E-state index in [-0.39, 0.29) is 17.8 Å². The van der Waals surface area contributed by atoms with Gasteiger partial charge in [0.2, 0.25) is 7.44 Å². The largest absolute Gasteiger partial charge is 0.465 e. The lowest BCUT2D eigenvalue weighted by Gasteiger charge is -2.28. The molecule has 0 N–H and O–H groups in total. The van der Waals surface area contributed by atoms with Crippen LogP contribution >= 0.6 is 7.44 Å². The molecule has 4 rings (SSSR count). The molecule has 5 atom stereocenters. The average molecular weight is 324 g/mol. The van der Waals surface area contributed by atoms with Crippen molar-refractivity contribution in [3.05, 3.63) is 11.9 Å². The summed E-state index contributed by atoms with van der Waals surface area (Å²) in [7, 11) is 1.40. The summed E-state index contributed by atoms with van der Waals surface area (Å²) in [5.41, 5.74) is 0. The highest BCUT2D eigenvalue weighted by atomic mass is 31.2. The van der Waals surface area contributed by atoms with Crippen LogP contribution in [0.25, 0.3) is 0 Å². The minimum atomic E-state index is -2.61. The first kappa shape index (κ1) is 14.9. The van der Waals surface area contributed by atoms with Crippen molar-refractivity contribution < 1.29 is 14.1 Å². The fraction of sp³-hybridized carbons (Fsp3) is 0.812. The molecule has 0 unspecified atom stereocenters. The molecule has 22 heavy (non-hydrogen) atoms. The van der Waals surface area contributed by atoms with E-state index in [2.05, 4.69) is 9.34 Å². The molecule has 0 spiro atoms. The Bertz CT molecular complexity index is 542. The van der Waals surface area contributed by atoms with E-state index in [9.17, 15) is 9.36 Å². The van der Waals surface area contributed by atoms with Gasteiger partial charge in [-0.2, -0.15) is 0 Å². The predicted octanol–water partition coefficient (Wildman–Crippen LogP) is 2.69. The van der Waals surface area contributed by atoms with Crippen molar-refractivity contribution >= 4 is 13.4 Å². The fourth-order valence-corrected chi connectivity index (χ4v) is 7.47. The van der Waals surface area contributed by atoms with Gasteiger partial charge in [0, 0.05) is 17.9 Å². The van der Waals surface area contributed by atoms with Gasteiger partial charge in [-0.1, -0.05) is 18.9 Å². The number of carbonyl (C=O) groups excluding carboxylic acids is 1. The van der Waals surface area contributed by atoms with Crippen molar-refractivity contribution in [2.24, 2.45) is 17.8 Å². The Morgan fingerprint density at radius 2 is 1.77 bits per heavy atom. The number of nitrogens with zero attached hydrogens (tertiary/aromatic N) is 2. The van der Waals surface area contributed by atoms with Crippen molar-refractivity contribution in [1.82, 2.24) is 9.34 Å². The van der Waals surface area contributed by atoms with E-state index in [1.165, 1.54) is 12.8 Å². The van der Waals surface area contributed by atoms with Crippen LogP contribution in [0.5, 0.6) is 0 Å². The van der Waals surface area contributed by atoms with Crippen molar-refractivity contribution in [2.75, 3.05) is 20.7 Å². The van der Waals surface area contributed by atoms with Gasteiger partial charge in [0.1, 0.15) is 0 Å². The van der Waals surface area contributed by atoms with Gasteiger partial charge in [0.05, 0.1) is 12.5 Å². The zero-order valence-corrected chi connectivity index (χ0v) is 14.2. The number of hydrogen-bond acceptors (Lipinski definition) is 3. The number of allylic oxidation sites excluding steroid dienone is 1. The maximum Gasteiger partial charge on any atom is 0.309 e. The molecule has 2 aliphatic heterocycles. The average Bonchev–Trinajstić information content (AvgIpc) is 3.22. The molecule has 0 bridgehead atoms. The van der Waals surface area contributed by atoms with Gasteiger partial charge < -0.3 is 4.74 Å². The maximum atomic E-state index is 13.5. The van der Waals surface area contributed by atoms with Crippen LogP contribution < -0.4 is 0 Å². The van der Waals surface area contributed by atoms with Gasteiger partial charge in [0.15, 0.2) is 0 Å². The van der Waals surface area contributed by atoms with E-state index in [1.807, 2.05) is 26.0 Å². The smallest absolute Gasteiger partial charge is 0.309 e. The minimum absolute atomic E-state index is 0.0251. The molecular weight excluding hydrogens is 299 g/mol. The molecule has 0 aromatic carbocycles. The Morgan fingerprint density at radius 1 is 1.14 bits per heavy atom. The number of carbonyl (C=O) groups is 1. The lowest BCUT2D eigenvalue weighted by atomic mass is 9.91. The zero-order valence-electron chi connectivity index (χ0n) is 13.4. The predicted molar refractivity (Wildman–Crippen MR) is 84.4 cm³/mol. The molecule has 0 aromatic heterocycles. The summed E-state index contributed by atoms with van der Waals surface area (Å²) in [4.78, 5) is 11.7. The number of esters is 1. The summed E-state index contributed by atoms with van der Waals surface area (Å²) in [6.45, 7) is 0.548. The van der Waals surface area contributed by atoms with Crippen molar-refractivity contribution in [1.29, 1.82) is 0 Å². The van der Waals surface area contributed by atoms with Crippen LogP contribution in [0.2, 0.25) is 0 Å². The van der Waals surface area contributed by atoms with E-state index in [4.69, 9.17) is 4.74 Å². The van der Waals surface area contributed by atoms with Crippen molar-refractivity contribution in [2.45, 2.75) is 44.2 Å². The van der Waals surface area contributed by atoms with Gasteiger partial charge in [-0.15, -0.1) is 0 Å². The number of likely N-dealkylation sites (N-methyl/N-ethyl adjacent to an activating group) is 2. The number of cyclic esters (lactones) is 1. The van der Waals surface area contributed by atoms with E-state index < -0.39 is 7.44 Å². The van der Waals surface area contributed by atoms with E-state index in [0.717, 1.165) is 19.3 Å². The van der Waals surface area contributed by atoms with Crippen LogP contribution in [0.15, 0.2) is 11.9 Å². The Kier molecular flexibility index (Phi) is 3.52. The summed E-state index contributed by atoms with van der Waals surface area (Å²) in [5, 5.41) is 0. The highest BCUT2D eigenvalue weighted by molar-refractivity contribution is 7.62. The molecule has 122 valence electrons. The quantitative estimate of drug-likeness (QED) is 0.577. The van der Waals surface area contributed by atoms with Crippen LogP contribution in [0.1, 0.15) is 32.1 Å². The van der Waals surface area contributed by atoms with Crippen LogP contribution in [-0.4, -0.2) is 48.1 Å². The van der Waals surface area contributed by atoms with Crippen LogP contribution in [0.4, 0.5) is 0 Å².